The van der Waals surface area contributed by atoms with E-state index >= 15 is 0 Å². The maximum atomic E-state index is 12.8. The van der Waals surface area contributed by atoms with Gasteiger partial charge in [-0.1, -0.05) is 29.8 Å². The van der Waals surface area contributed by atoms with Crippen LogP contribution in [-0.2, 0) is 20.7 Å². The van der Waals surface area contributed by atoms with Gasteiger partial charge in [-0.2, -0.15) is 0 Å². The van der Waals surface area contributed by atoms with E-state index in [0.717, 1.165) is 16.2 Å². The molecule has 0 radical (unpaired) electrons. The minimum absolute atomic E-state index is 0.0354. The molecular formula is C20H23NO4S. The highest BCUT2D eigenvalue weighted by Gasteiger charge is 2.40. The molecule has 3 rings (SSSR count). The van der Waals surface area contributed by atoms with Crippen LogP contribution in [0.5, 0.6) is 0 Å². The van der Waals surface area contributed by atoms with Crippen LogP contribution in [0, 0.1) is 0 Å². The van der Waals surface area contributed by atoms with Gasteiger partial charge in [-0.05, 0) is 49.9 Å². The SMILES string of the molecule is CC1=CC=C(N2Sc3ccccc3CC2=O)C(C)(OCCCC(=O)O)C1. The van der Waals surface area contributed by atoms with E-state index in [1.165, 1.54) is 17.5 Å². The number of aliphatic carboxylic acids is 1. The lowest BCUT2D eigenvalue weighted by atomic mass is 9.88. The van der Waals surface area contributed by atoms with E-state index in [2.05, 4.69) is 0 Å². The lowest BCUT2D eigenvalue weighted by Gasteiger charge is -2.41. The van der Waals surface area contributed by atoms with Crippen molar-refractivity contribution in [3.63, 3.8) is 0 Å². The summed E-state index contributed by atoms with van der Waals surface area (Å²) in [6.45, 7) is 4.35. The Labute approximate surface area is 157 Å². The van der Waals surface area contributed by atoms with E-state index < -0.39 is 11.6 Å². The van der Waals surface area contributed by atoms with Gasteiger partial charge in [-0.3, -0.25) is 13.9 Å². The number of carboxylic acids is 1. The number of carbonyl (C=O) groups is 2. The Morgan fingerprint density at radius 3 is 2.88 bits per heavy atom. The molecule has 2 aliphatic rings. The summed E-state index contributed by atoms with van der Waals surface area (Å²) in [4.78, 5) is 24.6. The lowest BCUT2D eigenvalue weighted by molar-refractivity contribution is -0.137. The molecule has 1 N–H and O–H groups in total. The van der Waals surface area contributed by atoms with Crippen molar-refractivity contribution in [1.29, 1.82) is 0 Å². The first-order valence-electron chi connectivity index (χ1n) is 8.71. The van der Waals surface area contributed by atoms with Gasteiger partial charge in [0, 0.05) is 24.3 Å². The van der Waals surface area contributed by atoms with Gasteiger partial charge in [0.05, 0.1) is 12.1 Å². The third-order valence-corrected chi connectivity index (χ3v) is 5.77. The molecule has 5 nitrogen and oxygen atoms in total. The second-order valence-electron chi connectivity index (χ2n) is 6.88. The summed E-state index contributed by atoms with van der Waals surface area (Å²) in [6.07, 6.45) is 5.55. The highest BCUT2D eigenvalue weighted by Crippen LogP contribution is 2.42. The second-order valence-corrected chi connectivity index (χ2v) is 7.87. The molecule has 1 amide bonds. The van der Waals surface area contributed by atoms with Crippen LogP contribution in [0.1, 0.15) is 38.7 Å². The van der Waals surface area contributed by atoms with Crippen molar-refractivity contribution in [3.8, 4) is 0 Å². The fourth-order valence-corrected chi connectivity index (χ4v) is 4.43. The molecule has 26 heavy (non-hydrogen) atoms. The predicted octanol–water partition coefficient (Wildman–Crippen LogP) is 3.95. The van der Waals surface area contributed by atoms with Crippen molar-refractivity contribution in [2.75, 3.05) is 6.61 Å². The first-order valence-corrected chi connectivity index (χ1v) is 9.49. The third kappa shape index (κ3) is 4.02. The minimum Gasteiger partial charge on any atom is -0.481 e. The maximum Gasteiger partial charge on any atom is 0.303 e. The third-order valence-electron chi connectivity index (χ3n) is 4.59. The van der Waals surface area contributed by atoms with Crippen molar-refractivity contribution >= 4 is 23.8 Å². The first-order chi connectivity index (χ1) is 12.4. The molecule has 138 valence electrons. The molecule has 6 heteroatoms. The van der Waals surface area contributed by atoms with E-state index in [0.29, 0.717) is 25.9 Å². The minimum atomic E-state index is -0.826. The molecule has 0 bridgehead atoms. The average Bonchev–Trinajstić information content (AvgIpc) is 2.58. The number of hydrogen-bond acceptors (Lipinski definition) is 4. The predicted molar refractivity (Wildman–Crippen MR) is 101 cm³/mol. The van der Waals surface area contributed by atoms with Crippen LogP contribution < -0.4 is 0 Å². The number of hydrogen-bond donors (Lipinski definition) is 1. The monoisotopic (exact) mass is 373 g/mol. The Hall–Kier alpha value is -2.05. The fourth-order valence-electron chi connectivity index (χ4n) is 3.31. The zero-order valence-corrected chi connectivity index (χ0v) is 15.8. The smallest absolute Gasteiger partial charge is 0.303 e. The Kier molecular flexibility index (Phi) is 5.53. The topological polar surface area (TPSA) is 66.8 Å². The molecule has 1 atom stereocenters. The van der Waals surface area contributed by atoms with Gasteiger partial charge in [0.2, 0.25) is 5.91 Å². The number of allylic oxidation sites excluding steroid dienone is 2. The molecule has 0 saturated carbocycles. The molecule has 0 spiro atoms. The molecule has 1 aliphatic heterocycles. The maximum absolute atomic E-state index is 12.8. The highest BCUT2D eigenvalue weighted by molar-refractivity contribution is 7.97. The highest BCUT2D eigenvalue weighted by atomic mass is 32.2. The van der Waals surface area contributed by atoms with E-state index in [9.17, 15) is 9.59 Å². The number of rotatable bonds is 6. The summed E-state index contributed by atoms with van der Waals surface area (Å²) in [5.74, 6) is -0.791. The molecule has 0 fully saturated rings. The molecule has 1 heterocycles. The number of nitrogens with zero attached hydrogens (tertiary/aromatic N) is 1. The summed E-state index contributed by atoms with van der Waals surface area (Å²) >= 11 is 1.43. The molecule has 1 aromatic rings. The van der Waals surface area contributed by atoms with Crippen molar-refractivity contribution < 1.29 is 19.4 Å². The Morgan fingerprint density at radius 1 is 1.35 bits per heavy atom. The Morgan fingerprint density at radius 2 is 2.12 bits per heavy atom. The molecule has 1 unspecified atom stereocenters. The van der Waals surface area contributed by atoms with Crippen molar-refractivity contribution in [2.24, 2.45) is 0 Å². The van der Waals surface area contributed by atoms with E-state index in [1.54, 1.807) is 4.31 Å². The largest absolute Gasteiger partial charge is 0.481 e. The quantitative estimate of drug-likeness (QED) is 0.604. The van der Waals surface area contributed by atoms with Crippen LogP contribution in [0.4, 0.5) is 0 Å². The fraction of sp³-hybridized carbons (Fsp3) is 0.400. The van der Waals surface area contributed by atoms with Crippen LogP contribution in [0.2, 0.25) is 0 Å². The van der Waals surface area contributed by atoms with E-state index in [-0.39, 0.29) is 12.3 Å². The summed E-state index contributed by atoms with van der Waals surface area (Å²) in [5.41, 5.74) is 2.39. The van der Waals surface area contributed by atoms with Gasteiger partial charge in [0.1, 0.15) is 5.60 Å². The summed E-state index contributed by atoms with van der Waals surface area (Å²) < 4.78 is 7.85. The van der Waals surface area contributed by atoms with Gasteiger partial charge in [0.25, 0.3) is 0 Å². The number of fused-ring (bicyclic) bond motifs is 1. The van der Waals surface area contributed by atoms with Gasteiger partial charge >= 0.3 is 5.97 Å². The van der Waals surface area contributed by atoms with Crippen molar-refractivity contribution in [1.82, 2.24) is 4.31 Å². The molecule has 1 aromatic carbocycles. The van der Waals surface area contributed by atoms with Crippen LogP contribution in [0.15, 0.2) is 52.6 Å². The Balaban J connectivity index is 1.81. The molecule has 1 aliphatic carbocycles. The normalized spacial score (nSPS) is 22.5. The van der Waals surface area contributed by atoms with Crippen LogP contribution in [-0.4, -0.2) is 33.5 Å². The average molecular weight is 373 g/mol. The van der Waals surface area contributed by atoms with Gasteiger partial charge in [-0.15, -0.1) is 0 Å². The molecule has 0 aromatic heterocycles. The standard InChI is InChI=1S/C20H23NO4S/c1-14-9-10-17(20(2,13-14)25-11-5-8-19(23)24)21-18(22)12-15-6-3-4-7-16(15)26-21/h3-4,6-7,9-10H,5,8,11-13H2,1-2H3,(H,23,24). The van der Waals surface area contributed by atoms with Gasteiger partial charge in [0.15, 0.2) is 0 Å². The first kappa shape index (κ1) is 18.7. The van der Waals surface area contributed by atoms with Crippen LogP contribution in [0.3, 0.4) is 0 Å². The van der Waals surface area contributed by atoms with Gasteiger partial charge < -0.3 is 9.84 Å². The van der Waals surface area contributed by atoms with E-state index in [4.69, 9.17) is 9.84 Å². The Bertz CT molecular complexity index is 786. The lowest BCUT2D eigenvalue weighted by Crippen LogP contribution is -2.43. The molecular weight excluding hydrogens is 350 g/mol. The zero-order chi connectivity index (χ0) is 18.7. The second kappa shape index (κ2) is 7.68. The van der Waals surface area contributed by atoms with Crippen molar-refractivity contribution in [3.05, 3.63) is 53.3 Å². The van der Waals surface area contributed by atoms with E-state index in [1.807, 2.05) is 50.3 Å². The number of amides is 1. The summed E-state index contributed by atoms with van der Waals surface area (Å²) in [7, 11) is 0. The number of carbonyl (C=O) groups excluding carboxylic acids is 1. The van der Waals surface area contributed by atoms with Crippen LogP contribution in [0.25, 0.3) is 0 Å². The number of carboxylic acid groups (broad SMARTS) is 1. The summed E-state index contributed by atoms with van der Waals surface area (Å²) in [5, 5.41) is 8.81. The van der Waals surface area contributed by atoms with Crippen molar-refractivity contribution in [2.45, 2.75) is 50.0 Å². The number of benzene rings is 1. The van der Waals surface area contributed by atoms with Crippen LogP contribution >= 0.6 is 11.9 Å². The van der Waals surface area contributed by atoms with Gasteiger partial charge in [-0.25, -0.2) is 0 Å². The zero-order valence-electron chi connectivity index (χ0n) is 15.0. The summed E-state index contributed by atoms with van der Waals surface area (Å²) in [6, 6.07) is 7.93. The molecule has 0 saturated heterocycles. The number of ether oxygens (including phenoxy) is 1.